The molecule has 0 aliphatic heterocycles. The summed E-state index contributed by atoms with van der Waals surface area (Å²) in [6.07, 6.45) is 2.36. The largest absolute Gasteiger partial charge is 0.328 e. The molecule has 0 saturated heterocycles. The third-order valence-electron chi connectivity index (χ3n) is 0.959. The van der Waals surface area contributed by atoms with E-state index in [0.29, 0.717) is 16.7 Å². The Morgan fingerprint density at radius 3 is 2.78 bits per heavy atom. The van der Waals surface area contributed by atoms with Crippen molar-refractivity contribution in [2.45, 2.75) is 0 Å². The number of rotatable bonds is 1. The van der Waals surface area contributed by atoms with E-state index in [9.17, 15) is 4.79 Å². The second-order valence-corrected chi connectivity index (χ2v) is 2.37. The van der Waals surface area contributed by atoms with Gasteiger partial charge in [-0.1, -0.05) is 0 Å². The smallest absolute Gasteiger partial charge is 0.177 e. The molecule has 9 heavy (non-hydrogen) atoms. The second-order valence-electron chi connectivity index (χ2n) is 1.66. The molecule has 3 nitrogen and oxygen atoms in total. The molecule has 0 spiro atoms. The Bertz CT molecular complexity index is 211. The van der Waals surface area contributed by atoms with E-state index < -0.39 is 0 Å². The number of carbonyl (C=O) groups is 1. The highest BCUT2D eigenvalue weighted by molar-refractivity contribution is 9.10. The van der Waals surface area contributed by atoms with Gasteiger partial charge in [0.25, 0.3) is 0 Å². The molecule has 48 valence electrons. The van der Waals surface area contributed by atoms with Crippen molar-refractivity contribution in [2.75, 3.05) is 0 Å². The van der Waals surface area contributed by atoms with Crippen LogP contribution in [0.1, 0.15) is 10.5 Å². The Hall–Kier alpha value is -0.640. The number of aromatic nitrogens is 2. The van der Waals surface area contributed by atoms with Crippen LogP contribution in [0, 0.1) is 0 Å². The molecule has 0 aliphatic carbocycles. The first kappa shape index (κ1) is 6.48. The topological polar surface area (TPSA) is 34.9 Å². The molecular formula is C5H5BrN2O. The summed E-state index contributed by atoms with van der Waals surface area (Å²) in [6, 6.07) is 0. The van der Waals surface area contributed by atoms with Gasteiger partial charge in [-0.05, 0) is 15.9 Å². The van der Waals surface area contributed by atoms with Crippen LogP contribution >= 0.6 is 15.9 Å². The number of imidazole rings is 1. The molecule has 1 aromatic rings. The average Bonchev–Trinajstić information content (AvgIpc) is 2.13. The lowest BCUT2D eigenvalue weighted by atomic mass is 10.5. The van der Waals surface area contributed by atoms with Crippen molar-refractivity contribution in [1.29, 1.82) is 0 Å². The number of aryl methyl sites for hydroxylation is 1. The Morgan fingerprint density at radius 2 is 2.56 bits per heavy atom. The monoisotopic (exact) mass is 188 g/mol. The van der Waals surface area contributed by atoms with Gasteiger partial charge in [0.1, 0.15) is 5.69 Å². The van der Waals surface area contributed by atoms with E-state index in [4.69, 9.17) is 0 Å². The van der Waals surface area contributed by atoms with Crippen molar-refractivity contribution in [3.05, 3.63) is 16.6 Å². The Balaban J connectivity index is 3.11. The molecule has 0 N–H and O–H groups in total. The Morgan fingerprint density at radius 1 is 1.89 bits per heavy atom. The summed E-state index contributed by atoms with van der Waals surface area (Å²) in [5.41, 5.74) is 0.448. The molecule has 0 aromatic carbocycles. The first-order valence-electron chi connectivity index (χ1n) is 2.38. The fourth-order valence-corrected chi connectivity index (χ4v) is 0.830. The minimum absolute atomic E-state index is 0.448. The number of halogens is 1. The minimum atomic E-state index is 0.448. The lowest BCUT2D eigenvalue weighted by Gasteiger charge is -1.85. The molecule has 0 amide bonds. The lowest BCUT2D eigenvalue weighted by molar-refractivity contribution is 0.111. The fourth-order valence-electron chi connectivity index (χ4n) is 0.523. The van der Waals surface area contributed by atoms with Gasteiger partial charge in [0.2, 0.25) is 0 Å². The van der Waals surface area contributed by atoms with Gasteiger partial charge >= 0.3 is 0 Å². The van der Waals surface area contributed by atoms with E-state index in [1.165, 1.54) is 0 Å². The van der Waals surface area contributed by atoms with Gasteiger partial charge < -0.3 is 4.57 Å². The maximum atomic E-state index is 10.1. The molecule has 0 radical (unpaired) electrons. The van der Waals surface area contributed by atoms with Crippen LogP contribution in [0.15, 0.2) is 10.9 Å². The molecule has 4 heteroatoms. The molecule has 1 heterocycles. The van der Waals surface area contributed by atoms with E-state index in [-0.39, 0.29) is 0 Å². The predicted molar refractivity (Wildman–Crippen MR) is 36.3 cm³/mol. The van der Waals surface area contributed by atoms with E-state index in [1.807, 2.05) is 7.05 Å². The van der Waals surface area contributed by atoms with Crippen LogP contribution in [0.4, 0.5) is 0 Å². The summed E-state index contributed by atoms with van der Waals surface area (Å²) in [7, 11) is 1.81. The summed E-state index contributed by atoms with van der Waals surface area (Å²) in [4.78, 5) is 13.9. The van der Waals surface area contributed by atoms with E-state index in [0.717, 1.165) is 0 Å². The van der Waals surface area contributed by atoms with Crippen LogP contribution < -0.4 is 0 Å². The fraction of sp³-hybridized carbons (Fsp3) is 0.200. The molecule has 0 saturated carbocycles. The Labute approximate surface area is 60.8 Å². The van der Waals surface area contributed by atoms with Crippen LogP contribution in [0.5, 0.6) is 0 Å². The molecule has 1 aromatic heterocycles. The number of hydrogen-bond donors (Lipinski definition) is 0. The summed E-state index contributed by atoms with van der Waals surface area (Å²) in [5.74, 6) is 0. The molecule has 0 fully saturated rings. The molecule has 0 aliphatic rings. The van der Waals surface area contributed by atoms with E-state index in [1.54, 1.807) is 10.8 Å². The lowest BCUT2D eigenvalue weighted by Crippen LogP contribution is -1.82. The Kier molecular flexibility index (Phi) is 1.66. The third-order valence-corrected chi connectivity index (χ3v) is 1.70. The zero-order valence-corrected chi connectivity index (χ0v) is 6.42. The predicted octanol–water partition coefficient (Wildman–Crippen LogP) is 0.995. The summed E-state index contributed by atoms with van der Waals surface area (Å²) < 4.78 is 2.40. The molecule has 0 atom stereocenters. The molecule has 1 rings (SSSR count). The molecule has 0 unspecified atom stereocenters. The number of carbonyl (C=O) groups excluding carboxylic acids is 1. The normalized spacial score (nSPS) is 9.56. The second kappa shape index (κ2) is 2.31. The first-order chi connectivity index (χ1) is 4.24. The maximum Gasteiger partial charge on any atom is 0.177 e. The van der Waals surface area contributed by atoms with Gasteiger partial charge in [0.05, 0.1) is 0 Å². The number of nitrogens with zero attached hydrogens (tertiary/aromatic N) is 2. The third kappa shape index (κ3) is 1.18. The van der Waals surface area contributed by atoms with Crippen molar-refractivity contribution >= 4 is 22.2 Å². The first-order valence-corrected chi connectivity index (χ1v) is 3.17. The number of hydrogen-bond acceptors (Lipinski definition) is 2. The summed E-state index contributed by atoms with van der Waals surface area (Å²) in [6.45, 7) is 0. The maximum absolute atomic E-state index is 10.1. The van der Waals surface area contributed by atoms with Gasteiger partial charge in [-0.3, -0.25) is 4.79 Å². The highest BCUT2D eigenvalue weighted by Gasteiger charge is 1.97. The molecule has 0 bridgehead atoms. The van der Waals surface area contributed by atoms with Gasteiger partial charge in [0, 0.05) is 13.2 Å². The van der Waals surface area contributed by atoms with Crippen LogP contribution in [-0.2, 0) is 7.05 Å². The zero-order chi connectivity index (χ0) is 6.85. The van der Waals surface area contributed by atoms with Crippen LogP contribution in [0.3, 0.4) is 0 Å². The highest BCUT2D eigenvalue weighted by atomic mass is 79.9. The van der Waals surface area contributed by atoms with Crippen molar-refractivity contribution in [3.8, 4) is 0 Å². The average molecular weight is 189 g/mol. The zero-order valence-electron chi connectivity index (χ0n) is 4.84. The quantitative estimate of drug-likeness (QED) is 0.617. The molecular weight excluding hydrogens is 184 g/mol. The van der Waals surface area contributed by atoms with E-state index in [2.05, 4.69) is 20.9 Å². The van der Waals surface area contributed by atoms with Crippen molar-refractivity contribution in [3.63, 3.8) is 0 Å². The summed E-state index contributed by atoms with van der Waals surface area (Å²) >= 11 is 3.15. The van der Waals surface area contributed by atoms with Crippen LogP contribution in [0.25, 0.3) is 0 Å². The van der Waals surface area contributed by atoms with Crippen molar-refractivity contribution in [2.24, 2.45) is 7.05 Å². The van der Waals surface area contributed by atoms with Crippen LogP contribution in [0.2, 0.25) is 0 Å². The number of aldehydes is 1. The van der Waals surface area contributed by atoms with Crippen LogP contribution in [-0.4, -0.2) is 15.8 Å². The SMILES string of the molecule is Cn1cc(C=O)nc1Br. The minimum Gasteiger partial charge on any atom is -0.328 e. The summed E-state index contributed by atoms with van der Waals surface area (Å²) in [5, 5.41) is 0. The van der Waals surface area contributed by atoms with Gasteiger partial charge in [-0.15, -0.1) is 0 Å². The van der Waals surface area contributed by atoms with Crippen molar-refractivity contribution < 1.29 is 4.79 Å². The van der Waals surface area contributed by atoms with Gasteiger partial charge in [0.15, 0.2) is 11.0 Å². The van der Waals surface area contributed by atoms with E-state index >= 15 is 0 Å². The van der Waals surface area contributed by atoms with Gasteiger partial charge in [-0.25, -0.2) is 4.98 Å². The van der Waals surface area contributed by atoms with Crippen molar-refractivity contribution in [1.82, 2.24) is 9.55 Å². The standard InChI is InChI=1S/C5H5BrN2O/c1-8-2-4(3-9)7-5(8)6/h2-3H,1H3. The van der Waals surface area contributed by atoms with Gasteiger partial charge in [-0.2, -0.15) is 0 Å². The highest BCUT2D eigenvalue weighted by Crippen LogP contribution is 2.05.